The van der Waals surface area contributed by atoms with E-state index in [-0.39, 0.29) is 11.8 Å². The first-order valence-corrected chi connectivity index (χ1v) is 6.56. The third kappa shape index (κ3) is 2.96. The summed E-state index contributed by atoms with van der Waals surface area (Å²) in [6, 6.07) is 11.7. The molecule has 2 N–H and O–H groups in total. The van der Waals surface area contributed by atoms with Gasteiger partial charge in [0.05, 0.1) is 12.8 Å². The van der Waals surface area contributed by atoms with E-state index in [9.17, 15) is 9.59 Å². The smallest absolute Gasteiger partial charge is 0.224 e. The number of likely N-dealkylation sites (N-methyl/N-ethyl adjacent to an activating group) is 2. The molecule has 20 heavy (non-hydrogen) atoms. The maximum Gasteiger partial charge on any atom is 0.224 e. The third-order valence-electron chi connectivity index (χ3n) is 3.36. The lowest BCUT2D eigenvalue weighted by Gasteiger charge is -2.10. The maximum atomic E-state index is 11.6. The molecule has 0 bridgehead atoms. The van der Waals surface area contributed by atoms with Gasteiger partial charge in [-0.25, -0.2) is 0 Å². The van der Waals surface area contributed by atoms with Crippen LogP contribution < -0.4 is 10.6 Å². The molecule has 0 fully saturated rings. The summed E-state index contributed by atoms with van der Waals surface area (Å²) in [6.07, 6.45) is 0.689. The normalized spacial score (nSPS) is 10.3. The summed E-state index contributed by atoms with van der Waals surface area (Å²) in [4.78, 5) is 23.1. The molecule has 4 heteroatoms. The highest BCUT2D eigenvalue weighted by molar-refractivity contribution is 5.94. The summed E-state index contributed by atoms with van der Waals surface area (Å²) >= 11 is 0. The molecule has 2 aromatic carbocycles. The van der Waals surface area contributed by atoms with Crippen LogP contribution in [0.5, 0.6) is 0 Å². The van der Waals surface area contributed by atoms with Crippen molar-refractivity contribution in [2.24, 2.45) is 0 Å². The number of nitrogens with one attached hydrogen (secondary N) is 2. The average Bonchev–Trinajstić information content (AvgIpc) is 2.49. The zero-order valence-corrected chi connectivity index (χ0v) is 11.7. The van der Waals surface area contributed by atoms with E-state index in [0.717, 1.165) is 21.9 Å². The highest BCUT2D eigenvalue weighted by Crippen LogP contribution is 2.23. The monoisotopic (exact) mass is 270 g/mol. The van der Waals surface area contributed by atoms with Gasteiger partial charge in [0.1, 0.15) is 0 Å². The second-order valence-electron chi connectivity index (χ2n) is 4.63. The van der Waals surface area contributed by atoms with Crippen LogP contribution in [0.25, 0.3) is 10.8 Å². The Bertz CT molecular complexity index is 593. The Morgan fingerprint density at radius 1 is 0.800 bits per heavy atom. The Hall–Kier alpha value is -2.36. The van der Waals surface area contributed by atoms with Crippen molar-refractivity contribution in [3.8, 4) is 0 Å². The summed E-state index contributed by atoms with van der Waals surface area (Å²) in [5.41, 5.74) is 1.95. The molecule has 0 saturated heterocycles. The lowest BCUT2D eigenvalue weighted by molar-refractivity contribution is -0.120. The molecular formula is C16H18N2O2. The van der Waals surface area contributed by atoms with Gasteiger partial charge in [-0.1, -0.05) is 36.4 Å². The van der Waals surface area contributed by atoms with Gasteiger partial charge < -0.3 is 10.6 Å². The second kappa shape index (κ2) is 6.19. The molecule has 0 atom stereocenters. The molecule has 0 unspecified atom stereocenters. The number of benzene rings is 2. The zero-order chi connectivity index (χ0) is 14.5. The zero-order valence-electron chi connectivity index (χ0n) is 11.7. The minimum atomic E-state index is -0.0193. The minimum Gasteiger partial charge on any atom is -0.359 e. The topological polar surface area (TPSA) is 58.2 Å². The number of carbonyl (C=O) groups excluding carboxylic acids is 2. The summed E-state index contributed by atoms with van der Waals surface area (Å²) in [7, 11) is 3.26. The van der Waals surface area contributed by atoms with Crippen molar-refractivity contribution in [1.82, 2.24) is 10.6 Å². The van der Waals surface area contributed by atoms with Crippen molar-refractivity contribution in [3.63, 3.8) is 0 Å². The number of carbonyl (C=O) groups is 2. The molecule has 0 aliphatic heterocycles. The van der Waals surface area contributed by atoms with Crippen molar-refractivity contribution >= 4 is 22.6 Å². The summed E-state index contributed by atoms with van der Waals surface area (Å²) in [5.74, 6) is -0.0385. The van der Waals surface area contributed by atoms with Gasteiger partial charge in [-0.3, -0.25) is 9.59 Å². The van der Waals surface area contributed by atoms with Crippen molar-refractivity contribution in [1.29, 1.82) is 0 Å². The van der Waals surface area contributed by atoms with Gasteiger partial charge in [0.2, 0.25) is 11.8 Å². The Balaban J connectivity index is 2.46. The molecular weight excluding hydrogens is 252 g/mol. The highest BCUT2D eigenvalue weighted by Gasteiger charge is 2.10. The van der Waals surface area contributed by atoms with Gasteiger partial charge in [-0.15, -0.1) is 0 Å². The molecule has 0 heterocycles. The molecule has 2 aromatic rings. The fraction of sp³-hybridized carbons (Fsp3) is 0.250. The standard InChI is InChI=1S/C16H18N2O2/c1-17-15(19)9-11-7-8-12(10-16(20)18-2)14-6-4-3-5-13(11)14/h3-8H,9-10H2,1-2H3,(H,17,19)(H,18,20). The largest absolute Gasteiger partial charge is 0.359 e. The van der Waals surface area contributed by atoms with Gasteiger partial charge in [0.15, 0.2) is 0 Å². The maximum absolute atomic E-state index is 11.6. The van der Waals surface area contributed by atoms with Crippen LogP contribution in [0.4, 0.5) is 0 Å². The van der Waals surface area contributed by atoms with E-state index in [1.807, 2.05) is 36.4 Å². The van der Waals surface area contributed by atoms with Gasteiger partial charge in [0.25, 0.3) is 0 Å². The van der Waals surface area contributed by atoms with Crippen LogP contribution in [0.1, 0.15) is 11.1 Å². The summed E-state index contributed by atoms with van der Waals surface area (Å²) in [6.45, 7) is 0. The van der Waals surface area contributed by atoms with Crippen LogP contribution in [0, 0.1) is 0 Å². The van der Waals surface area contributed by atoms with Gasteiger partial charge >= 0.3 is 0 Å². The van der Waals surface area contributed by atoms with E-state index in [2.05, 4.69) is 10.6 Å². The molecule has 2 amide bonds. The van der Waals surface area contributed by atoms with Crippen LogP contribution >= 0.6 is 0 Å². The molecule has 0 spiro atoms. The minimum absolute atomic E-state index is 0.0193. The van der Waals surface area contributed by atoms with Crippen LogP contribution in [-0.4, -0.2) is 25.9 Å². The predicted octanol–water partition coefficient (Wildman–Crippen LogP) is 1.42. The molecule has 0 aliphatic rings. The molecule has 0 aromatic heterocycles. The third-order valence-corrected chi connectivity index (χ3v) is 3.36. The van der Waals surface area contributed by atoms with Crippen molar-refractivity contribution < 1.29 is 9.59 Å². The molecule has 0 aliphatic carbocycles. The number of rotatable bonds is 4. The van der Waals surface area contributed by atoms with Crippen LogP contribution in [0.3, 0.4) is 0 Å². The molecule has 2 rings (SSSR count). The first-order valence-electron chi connectivity index (χ1n) is 6.56. The Kier molecular flexibility index (Phi) is 4.35. The van der Waals surface area contributed by atoms with Gasteiger partial charge in [0, 0.05) is 14.1 Å². The average molecular weight is 270 g/mol. The van der Waals surface area contributed by atoms with Crippen molar-refractivity contribution in [3.05, 3.63) is 47.5 Å². The van der Waals surface area contributed by atoms with Crippen LogP contribution in [-0.2, 0) is 22.4 Å². The molecule has 0 saturated carbocycles. The Morgan fingerprint density at radius 3 is 1.55 bits per heavy atom. The SMILES string of the molecule is CNC(=O)Cc1ccc(CC(=O)NC)c2ccccc12. The van der Waals surface area contributed by atoms with Crippen molar-refractivity contribution in [2.75, 3.05) is 14.1 Å². The molecule has 4 nitrogen and oxygen atoms in total. The van der Waals surface area contributed by atoms with E-state index in [0.29, 0.717) is 12.8 Å². The van der Waals surface area contributed by atoms with Crippen molar-refractivity contribution in [2.45, 2.75) is 12.8 Å². The second-order valence-corrected chi connectivity index (χ2v) is 4.63. The summed E-state index contributed by atoms with van der Waals surface area (Å²) < 4.78 is 0. The van der Waals surface area contributed by atoms with E-state index >= 15 is 0 Å². The van der Waals surface area contributed by atoms with E-state index in [1.54, 1.807) is 14.1 Å². The highest BCUT2D eigenvalue weighted by atomic mass is 16.2. The first-order chi connectivity index (χ1) is 9.65. The fourth-order valence-corrected chi connectivity index (χ4v) is 2.25. The van der Waals surface area contributed by atoms with Crippen LogP contribution in [0.15, 0.2) is 36.4 Å². The number of fused-ring (bicyclic) bond motifs is 1. The predicted molar refractivity (Wildman–Crippen MR) is 79.5 cm³/mol. The van der Waals surface area contributed by atoms with E-state index < -0.39 is 0 Å². The lowest BCUT2D eigenvalue weighted by atomic mass is 9.96. The van der Waals surface area contributed by atoms with E-state index in [1.165, 1.54) is 0 Å². The van der Waals surface area contributed by atoms with Gasteiger partial charge in [-0.2, -0.15) is 0 Å². The molecule has 0 radical (unpaired) electrons. The first kappa shape index (κ1) is 14.1. The number of hydrogen-bond donors (Lipinski definition) is 2. The lowest BCUT2D eigenvalue weighted by Crippen LogP contribution is -2.21. The number of hydrogen-bond acceptors (Lipinski definition) is 2. The Labute approximate surface area is 118 Å². The summed E-state index contributed by atoms with van der Waals surface area (Å²) in [5, 5.41) is 7.31. The molecule has 104 valence electrons. The van der Waals surface area contributed by atoms with Gasteiger partial charge in [-0.05, 0) is 21.9 Å². The fourth-order valence-electron chi connectivity index (χ4n) is 2.25. The quantitative estimate of drug-likeness (QED) is 0.882. The number of amides is 2. The van der Waals surface area contributed by atoms with Crippen LogP contribution in [0.2, 0.25) is 0 Å². The van der Waals surface area contributed by atoms with E-state index in [4.69, 9.17) is 0 Å². The Morgan fingerprint density at radius 2 is 1.20 bits per heavy atom.